The highest BCUT2D eigenvalue weighted by molar-refractivity contribution is 7.99. The van der Waals surface area contributed by atoms with E-state index in [9.17, 15) is 4.79 Å². The fourth-order valence-electron chi connectivity index (χ4n) is 3.64. The van der Waals surface area contributed by atoms with Crippen LogP contribution in [-0.4, -0.2) is 54.1 Å². The number of nitrogens with zero attached hydrogens (tertiary/aromatic N) is 3. The van der Waals surface area contributed by atoms with Crippen LogP contribution in [-0.2, 0) is 4.79 Å². The highest BCUT2D eigenvalue weighted by Gasteiger charge is 2.25. The largest absolute Gasteiger partial charge is 0.493 e. The first kappa shape index (κ1) is 20.5. The van der Waals surface area contributed by atoms with E-state index < -0.39 is 0 Å². The van der Waals surface area contributed by atoms with Gasteiger partial charge in [0.25, 0.3) is 0 Å². The molecule has 0 N–H and O–H groups in total. The summed E-state index contributed by atoms with van der Waals surface area (Å²) in [5.74, 6) is 3.02. The zero-order valence-corrected chi connectivity index (χ0v) is 17.7. The summed E-state index contributed by atoms with van der Waals surface area (Å²) < 4.78 is 10.6. The van der Waals surface area contributed by atoms with Crippen LogP contribution in [0.25, 0.3) is 11.3 Å². The van der Waals surface area contributed by atoms with Crippen molar-refractivity contribution in [1.82, 2.24) is 15.1 Å². The van der Waals surface area contributed by atoms with Crippen LogP contribution in [0.15, 0.2) is 35.4 Å². The van der Waals surface area contributed by atoms with E-state index >= 15 is 0 Å². The second-order valence-corrected chi connectivity index (χ2v) is 8.36. The number of hydrogen-bond acceptors (Lipinski definition) is 6. The number of ether oxygens (including phenoxy) is 2. The van der Waals surface area contributed by atoms with Crippen molar-refractivity contribution in [3.05, 3.63) is 30.3 Å². The van der Waals surface area contributed by atoms with Gasteiger partial charge in [0.15, 0.2) is 11.5 Å². The van der Waals surface area contributed by atoms with Gasteiger partial charge < -0.3 is 14.4 Å². The van der Waals surface area contributed by atoms with E-state index in [4.69, 9.17) is 9.47 Å². The van der Waals surface area contributed by atoms with Crippen LogP contribution in [0, 0.1) is 11.8 Å². The topological polar surface area (TPSA) is 64.5 Å². The van der Waals surface area contributed by atoms with Gasteiger partial charge in [0.05, 0.1) is 25.7 Å². The molecule has 0 spiro atoms. The lowest BCUT2D eigenvalue weighted by Gasteiger charge is -2.34. The summed E-state index contributed by atoms with van der Waals surface area (Å²) in [7, 11) is 3.21. The van der Waals surface area contributed by atoms with Gasteiger partial charge >= 0.3 is 0 Å². The monoisotopic (exact) mass is 401 g/mol. The van der Waals surface area contributed by atoms with Gasteiger partial charge in [0.1, 0.15) is 5.03 Å². The van der Waals surface area contributed by atoms with Gasteiger partial charge in [-0.1, -0.05) is 25.6 Å². The molecule has 2 atom stereocenters. The van der Waals surface area contributed by atoms with Crippen molar-refractivity contribution in [1.29, 1.82) is 0 Å². The summed E-state index contributed by atoms with van der Waals surface area (Å²) in [5, 5.41) is 9.32. The number of hydrogen-bond donors (Lipinski definition) is 0. The lowest BCUT2D eigenvalue weighted by Crippen LogP contribution is -2.43. The number of methoxy groups -OCH3 is 2. The molecule has 6 nitrogen and oxygen atoms in total. The zero-order chi connectivity index (χ0) is 20.1. The minimum atomic E-state index is 0.175. The Morgan fingerprint density at radius 2 is 1.79 bits per heavy atom. The van der Waals surface area contributed by atoms with Gasteiger partial charge in [-0.15, -0.1) is 10.2 Å². The number of aromatic nitrogens is 2. The molecule has 0 radical (unpaired) electrons. The molecule has 2 heterocycles. The molecule has 3 rings (SSSR count). The minimum Gasteiger partial charge on any atom is -0.493 e. The average Bonchev–Trinajstić information content (AvgIpc) is 2.71. The van der Waals surface area contributed by atoms with Gasteiger partial charge in [0, 0.05) is 18.7 Å². The molecule has 2 aromatic rings. The normalized spacial score (nSPS) is 19.4. The Balaban J connectivity index is 1.61. The highest BCUT2D eigenvalue weighted by atomic mass is 32.2. The third kappa shape index (κ3) is 4.95. The maximum Gasteiger partial charge on any atom is 0.233 e. The Morgan fingerprint density at radius 3 is 2.39 bits per heavy atom. The molecule has 7 heteroatoms. The Morgan fingerprint density at radius 1 is 1.07 bits per heavy atom. The van der Waals surface area contributed by atoms with E-state index in [1.165, 1.54) is 18.2 Å². The predicted octanol–water partition coefficient (Wildman–Crippen LogP) is 3.76. The summed E-state index contributed by atoms with van der Waals surface area (Å²) >= 11 is 1.43. The number of thioether (sulfide) groups is 1. The number of carbonyl (C=O) groups excluding carboxylic acids is 1. The summed E-state index contributed by atoms with van der Waals surface area (Å²) in [6.45, 7) is 6.13. The molecule has 1 aliphatic heterocycles. The molecule has 0 saturated carbocycles. The fraction of sp³-hybridized carbons (Fsp3) is 0.476. The number of carbonyl (C=O) groups is 1. The third-order valence-corrected chi connectivity index (χ3v) is 5.79. The van der Waals surface area contributed by atoms with Gasteiger partial charge in [-0.2, -0.15) is 0 Å². The van der Waals surface area contributed by atoms with Crippen molar-refractivity contribution in [3.63, 3.8) is 0 Å². The van der Waals surface area contributed by atoms with Crippen molar-refractivity contribution in [2.24, 2.45) is 11.8 Å². The van der Waals surface area contributed by atoms with Crippen LogP contribution < -0.4 is 9.47 Å². The second kappa shape index (κ2) is 9.28. The van der Waals surface area contributed by atoms with Gasteiger partial charge in [0.2, 0.25) is 5.91 Å². The summed E-state index contributed by atoms with van der Waals surface area (Å²) in [6, 6.07) is 9.45. The standard InChI is InChI=1S/C21H27N3O3S/c1-14-9-15(2)12-24(11-14)21(25)13-28-20-8-6-17(22-23-20)16-5-7-18(26-3)19(10-16)27-4/h5-8,10,14-15H,9,11-13H2,1-4H3/t14-,15-/m1/s1. The van der Waals surface area contributed by atoms with Crippen LogP contribution >= 0.6 is 11.8 Å². The number of likely N-dealkylation sites (tertiary alicyclic amines) is 1. The van der Waals surface area contributed by atoms with Crippen LogP contribution in [0.1, 0.15) is 20.3 Å². The van der Waals surface area contributed by atoms with E-state index in [1.807, 2.05) is 35.2 Å². The van der Waals surface area contributed by atoms with Crippen LogP contribution in [0.5, 0.6) is 11.5 Å². The van der Waals surface area contributed by atoms with Gasteiger partial charge in [-0.25, -0.2) is 0 Å². The van der Waals surface area contributed by atoms with Crippen molar-refractivity contribution >= 4 is 17.7 Å². The Bertz CT molecular complexity index is 803. The number of piperidine rings is 1. The van der Waals surface area contributed by atoms with Crippen molar-refractivity contribution in [2.75, 3.05) is 33.1 Å². The minimum absolute atomic E-state index is 0.175. The van der Waals surface area contributed by atoms with Crippen molar-refractivity contribution in [3.8, 4) is 22.8 Å². The van der Waals surface area contributed by atoms with E-state index in [2.05, 4.69) is 24.0 Å². The molecule has 1 fully saturated rings. The number of amides is 1. The summed E-state index contributed by atoms with van der Waals surface area (Å²) in [4.78, 5) is 14.5. The molecule has 1 aromatic carbocycles. The molecule has 150 valence electrons. The molecular formula is C21H27N3O3S. The number of benzene rings is 1. The Hall–Kier alpha value is -2.28. The van der Waals surface area contributed by atoms with E-state index in [-0.39, 0.29) is 5.91 Å². The molecule has 0 unspecified atom stereocenters. The van der Waals surface area contributed by atoms with E-state index in [0.29, 0.717) is 29.1 Å². The average molecular weight is 402 g/mol. The van der Waals surface area contributed by atoms with Gasteiger partial charge in [-0.05, 0) is 48.6 Å². The summed E-state index contributed by atoms with van der Waals surface area (Å²) in [6.07, 6.45) is 1.19. The molecule has 1 aromatic heterocycles. The molecule has 1 saturated heterocycles. The molecule has 1 amide bonds. The first-order chi connectivity index (χ1) is 13.5. The van der Waals surface area contributed by atoms with Gasteiger partial charge in [-0.3, -0.25) is 4.79 Å². The quantitative estimate of drug-likeness (QED) is 0.687. The van der Waals surface area contributed by atoms with E-state index in [0.717, 1.165) is 29.4 Å². The van der Waals surface area contributed by atoms with Crippen molar-refractivity contribution in [2.45, 2.75) is 25.3 Å². The Labute approximate surface area is 170 Å². The Kier molecular flexibility index (Phi) is 6.78. The first-order valence-corrected chi connectivity index (χ1v) is 10.5. The molecule has 0 bridgehead atoms. The molecular weight excluding hydrogens is 374 g/mol. The second-order valence-electron chi connectivity index (χ2n) is 7.36. The zero-order valence-electron chi connectivity index (χ0n) is 16.8. The van der Waals surface area contributed by atoms with E-state index in [1.54, 1.807) is 14.2 Å². The lowest BCUT2D eigenvalue weighted by molar-refractivity contribution is -0.130. The maximum absolute atomic E-state index is 12.5. The fourth-order valence-corrected chi connectivity index (χ4v) is 4.36. The highest BCUT2D eigenvalue weighted by Crippen LogP contribution is 2.31. The van der Waals surface area contributed by atoms with Crippen LogP contribution in [0.4, 0.5) is 0 Å². The smallest absolute Gasteiger partial charge is 0.233 e. The molecule has 0 aliphatic carbocycles. The maximum atomic E-state index is 12.5. The predicted molar refractivity (Wildman–Crippen MR) is 111 cm³/mol. The molecule has 1 aliphatic rings. The van der Waals surface area contributed by atoms with Crippen LogP contribution in [0.2, 0.25) is 0 Å². The summed E-state index contributed by atoms with van der Waals surface area (Å²) in [5.41, 5.74) is 1.64. The molecule has 28 heavy (non-hydrogen) atoms. The number of rotatable bonds is 6. The van der Waals surface area contributed by atoms with Crippen LogP contribution in [0.3, 0.4) is 0 Å². The SMILES string of the molecule is COc1ccc(-c2ccc(SCC(=O)N3C[C@H](C)C[C@@H](C)C3)nn2)cc1OC. The van der Waals surface area contributed by atoms with Crippen molar-refractivity contribution < 1.29 is 14.3 Å². The third-order valence-electron chi connectivity index (χ3n) is 4.88. The lowest BCUT2D eigenvalue weighted by atomic mass is 9.92. The first-order valence-electron chi connectivity index (χ1n) is 9.46.